The van der Waals surface area contributed by atoms with Crippen molar-refractivity contribution < 1.29 is 4.79 Å². The Labute approximate surface area is 129 Å². The molecule has 1 heterocycles. The number of carbonyl (C=O) groups is 1. The molecule has 0 aliphatic heterocycles. The van der Waals surface area contributed by atoms with Crippen LogP contribution in [0.15, 0.2) is 24.3 Å². The smallest absolute Gasteiger partial charge is 0.224 e. The second kappa shape index (κ2) is 6.72. The molecule has 0 bridgehead atoms. The molecule has 21 heavy (non-hydrogen) atoms. The van der Waals surface area contributed by atoms with Crippen molar-refractivity contribution in [1.82, 2.24) is 10.3 Å². The van der Waals surface area contributed by atoms with Crippen LogP contribution in [-0.4, -0.2) is 17.9 Å². The number of aryl methyl sites for hydroxylation is 2. The average molecular weight is 303 g/mol. The first-order valence-electron chi connectivity index (χ1n) is 6.99. The summed E-state index contributed by atoms with van der Waals surface area (Å²) < 4.78 is 0. The highest BCUT2D eigenvalue weighted by atomic mass is 32.1. The summed E-state index contributed by atoms with van der Waals surface area (Å²) in [5.74, 6) is 0.0256. The molecular formula is C16H21N3OS. The van der Waals surface area contributed by atoms with E-state index in [1.807, 2.05) is 31.2 Å². The van der Waals surface area contributed by atoms with Gasteiger partial charge in [0.15, 0.2) is 0 Å². The maximum Gasteiger partial charge on any atom is 0.224 e. The van der Waals surface area contributed by atoms with Gasteiger partial charge in [-0.2, -0.15) is 0 Å². The minimum atomic E-state index is 0.0256. The summed E-state index contributed by atoms with van der Waals surface area (Å²) >= 11 is 1.72. The highest BCUT2D eigenvalue weighted by molar-refractivity contribution is 7.11. The van der Waals surface area contributed by atoms with Gasteiger partial charge in [0.05, 0.1) is 23.2 Å². The highest BCUT2D eigenvalue weighted by Crippen LogP contribution is 2.25. The monoisotopic (exact) mass is 303 g/mol. The van der Waals surface area contributed by atoms with E-state index in [1.165, 1.54) is 4.88 Å². The molecule has 2 rings (SSSR count). The minimum Gasteiger partial charge on any atom is -0.377 e. The van der Waals surface area contributed by atoms with Gasteiger partial charge in [-0.25, -0.2) is 4.98 Å². The predicted octanol–water partition coefficient (Wildman–Crippen LogP) is 3.22. The third-order valence-corrected chi connectivity index (χ3v) is 4.23. The molecule has 0 saturated heterocycles. The summed E-state index contributed by atoms with van der Waals surface area (Å²) in [7, 11) is 1.65. The van der Waals surface area contributed by atoms with E-state index in [0.29, 0.717) is 6.42 Å². The Bertz CT molecular complexity index is 619. The van der Waals surface area contributed by atoms with Gasteiger partial charge in [-0.1, -0.05) is 12.1 Å². The topological polar surface area (TPSA) is 54.0 Å². The molecule has 1 amide bonds. The van der Waals surface area contributed by atoms with Crippen molar-refractivity contribution in [2.24, 2.45) is 0 Å². The zero-order valence-corrected chi connectivity index (χ0v) is 13.7. The summed E-state index contributed by atoms with van der Waals surface area (Å²) in [5, 5.41) is 7.17. The Balaban J connectivity index is 2.03. The second-order valence-corrected chi connectivity index (χ2v) is 6.49. The molecule has 0 fully saturated rings. The Morgan fingerprint density at radius 1 is 1.29 bits per heavy atom. The molecule has 1 atom stereocenters. The zero-order chi connectivity index (χ0) is 15.4. The Hall–Kier alpha value is -1.88. The quantitative estimate of drug-likeness (QED) is 0.891. The number of carbonyl (C=O) groups excluding carboxylic acids is 1. The zero-order valence-electron chi connectivity index (χ0n) is 12.9. The van der Waals surface area contributed by atoms with Crippen molar-refractivity contribution in [3.8, 4) is 0 Å². The molecule has 5 heteroatoms. The average Bonchev–Trinajstić information content (AvgIpc) is 2.80. The number of thiazole rings is 1. The van der Waals surface area contributed by atoms with E-state index in [2.05, 4.69) is 29.5 Å². The maximum atomic E-state index is 11.3. The molecular weight excluding hydrogens is 282 g/mol. The number of anilines is 1. The molecule has 0 saturated carbocycles. The lowest BCUT2D eigenvalue weighted by Gasteiger charge is -2.14. The first kappa shape index (κ1) is 15.5. The molecule has 0 aliphatic rings. The van der Waals surface area contributed by atoms with E-state index in [9.17, 15) is 4.79 Å². The van der Waals surface area contributed by atoms with Crippen LogP contribution in [0.2, 0.25) is 0 Å². The first-order chi connectivity index (χ1) is 9.99. The maximum absolute atomic E-state index is 11.3. The predicted molar refractivity (Wildman–Crippen MR) is 87.8 cm³/mol. The second-order valence-electron chi connectivity index (χ2n) is 5.09. The lowest BCUT2D eigenvalue weighted by atomic mass is 10.1. The number of hydrogen-bond donors (Lipinski definition) is 2. The van der Waals surface area contributed by atoms with Crippen molar-refractivity contribution in [2.45, 2.75) is 33.2 Å². The minimum absolute atomic E-state index is 0.0256. The van der Waals surface area contributed by atoms with E-state index in [0.717, 1.165) is 22.0 Å². The third kappa shape index (κ3) is 4.04. The van der Waals surface area contributed by atoms with Gasteiger partial charge in [0.2, 0.25) is 5.91 Å². The van der Waals surface area contributed by atoms with Gasteiger partial charge in [-0.05, 0) is 38.5 Å². The van der Waals surface area contributed by atoms with Crippen LogP contribution in [0.5, 0.6) is 0 Å². The highest BCUT2D eigenvalue weighted by Gasteiger charge is 2.13. The fraction of sp³-hybridized carbons (Fsp3) is 0.375. The van der Waals surface area contributed by atoms with Crippen LogP contribution >= 0.6 is 11.3 Å². The van der Waals surface area contributed by atoms with E-state index >= 15 is 0 Å². The lowest BCUT2D eigenvalue weighted by Crippen LogP contribution is -2.19. The summed E-state index contributed by atoms with van der Waals surface area (Å²) in [6.07, 6.45) is 0.413. The Morgan fingerprint density at radius 2 is 1.95 bits per heavy atom. The largest absolute Gasteiger partial charge is 0.377 e. The van der Waals surface area contributed by atoms with E-state index < -0.39 is 0 Å². The van der Waals surface area contributed by atoms with Crippen molar-refractivity contribution in [2.75, 3.05) is 12.4 Å². The summed E-state index contributed by atoms with van der Waals surface area (Å²) in [4.78, 5) is 17.2. The standard InChI is InChI=1S/C16H21N3OS/c1-10(16-11(2)21-12(3)19-16)18-14-7-5-13(6-8-14)9-15(20)17-4/h5-8,10,18H,9H2,1-4H3,(H,17,20). The van der Waals surface area contributed by atoms with Crippen LogP contribution in [0.3, 0.4) is 0 Å². The van der Waals surface area contributed by atoms with Crippen LogP contribution < -0.4 is 10.6 Å². The molecule has 2 N–H and O–H groups in total. The molecule has 0 aliphatic carbocycles. The SMILES string of the molecule is CNC(=O)Cc1ccc(NC(C)c2nc(C)sc2C)cc1. The van der Waals surface area contributed by atoms with Gasteiger partial charge in [0, 0.05) is 17.6 Å². The molecule has 1 aromatic carbocycles. The Kier molecular flexibility index (Phi) is 4.96. The van der Waals surface area contributed by atoms with E-state index in [4.69, 9.17) is 0 Å². The molecule has 1 unspecified atom stereocenters. The summed E-state index contributed by atoms with van der Waals surface area (Å²) in [6, 6.07) is 8.12. The van der Waals surface area contributed by atoms with Crippen molar-refractivity contribution in [1.29, 1.82) is 0 Å². The molecule has 0 radical (unpaired) electrons. The molecule has 112 valence electrons. The van der Waals surface area contributed by atoms with Crippen molar-refractivity contribution in [3.05, 3.63) is 45.4 Å². The lowest BCUT2D eigenvalue weighted by molar-refractivity contribution is -0.119. The van der Waals surface area contributed by atoms with Gasteiger partial charge >= 0.3 is 0 Å². The van der Waals surface area contributed by atoms with Gasteiger partial charge in [0.1, 0.15) is 0 Å². The van der Waals surface area contributed by atoms with Crippen LogP contribution in [0.25, 0.3) is 0 Å². The van der Waals surface area contributed by atoms with Gasteiger partial charge < -0.3 is 10.6 Å². The number of aromatic nitrogens is 1. The molecule has 1 aromatic heterocycles. The third-order valence-electron chi connectivity index (χ3n) is 3.33. The van der Waals surface area contributed by atoms with Gasteiger partial charge in [-0.15, -0.1) is 11.3 Å². The van der Waals surface area contributed by atoms with Crippen LogP contribution in [0.4, 0.5) is 5.69 Å². The fourth-order valence-electron chi connectivity index (χ4n) is 2.26. The normalized spacial score (nSPS) is 12.0. The van der Waals surface area contributed by atoms with Crippen molar-refractivity contribution >= 4 is 22.9 Å². The number of nitrogens with one attached hydrogen (secondary N) is 2. The number of likely N-dealkylation sites (N-methyl/N-ethyl adjacent to an activating group) is 1. The van der Waals surface area contributed by atoms with Gasteiger partial charge in [0.25, 0.3) is 0 Å². The number of hydrogen-bond acceptors (Lipinski definition) is 4. The molecule has 2 aromatic rings. The van der Waals surface area contributed by atoms with Crippen LogP contribution in [-0.2, 0) is 11.2 Å². The first-order valence-corrected chi connectivity index (χ1v) is 7.81. The number of benzene rings is 1. The van der Waals surface area contributed by atoms with Gasteiger partial charge in [-0.3, -0.25) is 4.79 Å². The number of rotatable bonds is 5. The fourth-order valence-corrected chi connectivity index (χ4v) is 3.17. The van der Waals surface area contributed by atoms with E-state index in [1.54, 1.807) is 18.4 Å². The van der Waals surface area contributed by atoms with Crippen LogP contribution in [0.1, 0.15) is 34.1 Å². The summed E-state index contributed by atoms with van der Waals surface area (Å²) in [5.41, 5.74) is 3.15. The summed E-state index contributed by atoms with van der Waals surface area (Å²) in [6.45, 7) is 6.24. The van der Waals surface area contributed by atoms with E-state index in [-0.39, 0.29) is 11.9 Å². The number of nitrogens with zero attached hydrogens (tertiary/aromatic N) is 1. The van der Waals surface area contributed by atoms with Crippen LogP contribution in [0, 0.1) is 13.8 Å². The number of amides is 1. The Morgan fingerprint density at radius 3 is 2.48 bits per heavy atom. The van der Waals surface area contributed by atoms with Crippen molar-refractivity contribution in [3.63, 3.8) is 0 Å². The molecule has 0 spiro atoms. The molecule has 4 nitrogen and oxygen atoms in total.